The van der Waals surface area contributed by atoms with Crippen molar-refractivity contribution in [2.24, 2.45) is 0 Å². The van der Waals surface area contributed by atoms with Gasteiger partial charge in [-0.05, 0) is 37.6 Å². The third-order valence-electron chi connectivity index (χ3n) is 5.14. The third-order valence-corrected chi connectivity index (χ3v) is 6.35. The van der Waals surface area contributed by atoms with E-state index in [0.29, 0.717) is 16.4 Å². The lowest BCUT2D eigenvalue weighted by atomic mass is 10.0. The molecular weight excluding hydrogens is 432 g/mol. The number of Topliss-reactive ketones (excluding diaryl/α,β-unsaturated/α-hetero) is 1. The van der Waals surface area contributed by atoms with Crippen LogP contribution in [-0.4, -0.2) is 26.5 Å². The highest BCUT2D eigenvalue weighted by Crippen LogP contribution is 2.38. The largest absolute Gasteiger partial charge is 0.326 e. The van der Waals surface area contributed by atoms with E-state index in [0.717, 1.165) is 22.4 Å². The van der Waals surface area contributed by atoms with E-state index >= 15 is 0 Å². The van der Waals surface area contributed by atoms with Crippen LogP contribution in [0, 0.1) is 13.8 Å². The van der Waals surface area contributed by atoms with Gasteiger partial charge in [-0.1, -0.05) is 77.5 Å². The molecule has 0 bridgehead atoms. The van der Waals surface area contributed by atoms with Gasteiger partial charge in [0.15, 0.2) is 10.9 Å². The highest BCUT2D eigenvalue weighted by atomic mass is 32.2. The topological polar surface area (TPSA) is 76.9 Å². The summed E-state index contributed by atoms with van der Waals surface area (Å²) in [5.74, 6) is -0.140. The van der Waals surface area contributed by atoms with Gasteiger partial charge in [-0.25, -0.2) is 0 Å². The lowest BCUT2D eigenvalue weighted by molar-refractivity contribution is -0.114. The first-order valence-corrected chi connectivity index (χ1v) is 11.4. The Morgan fingerprint density at radius 2 is 1.61 bits per heavy atom. The smallest absolute Gasteiger partial charge is 0.221 e. The molecular formula is C26H24N4O2S. The molecule has 0 aliphatic rings. The number of benzene rings is 3. The Kier molecular flexibility index (Phi) is 6.70. The van der Waals surface area contributed by atoms with Crippen LogP contribution in [0.2, 0.25) is 0 Å². The molecule has 1 N–H and O–H groups in total. The molecule has 6 nitrogen and oxygen atoms in total. The van der Waals surface area contributed by atoms with Crippen molar-refractivity contribution in [3.63, 3.8) is 0 Å². The number of thioether (sulfide) groups is 1. The van der Waals surface area contributed by atoms with Crippen LogP contribution in [0.1, 0.15) is 39.2 Å². The summed E-state index contributed by atoms with van der Waals surface area (Å²) in [7, 11) is 0. The van der Waals surface area contributed by atoms with Crippen molar-refractivity contribution in [2.75, 3.05) is 5.32 Å². The molecule has 0 saturated carbocycles. The van der Waals surface area contributed by atoms with Crippen molar-refractivity contribution in [3.8, 4) is 5.69 Å². The minimum Gasteiger partial charge on any atom is -0.326 e. The Hall–Kier alpha value is -3.71. The molecule has 3 aromatic carbocycles. The zero-order valence-corrected chi connectivity index (χ0v) is 19.5. The van der Waals surface area contributed by atoms with Crippen LogP contribution in [0.15, 0.2) is 84.3 Å². The van der Waals surface area contributed by atoms with E-state index in [1.165, 1.54) is 18.7 Å². The standard InChI is InChI=1S/C26H24N4O2S/c1-17-7-11-20(12-8-17)24(32)25(21-13-9-18(2)10-14-21)33-26-29-27-16-30(26)23-6-4-5-22(15-23)28-19(3)31/h4-16,25H,1-3H3,(H,28,31). The number of nitrogens with one attached hydrogen (secondary N) is 1. The fourth-order valence-corrected chi connectivity index (χ4v) is 4.51. The van der Waals surface area contributed by atoms with Gasteiger partial charge in [-0.3, -0.25) is 14.2 Å². The predicted octanol–water partition coefficient (Wildman–Crippen LogP) is 5.56. The fourth-order valence-electron chi connectivity index (χ4n) is 3.41. The summed E-state index contributed by atoms with van der Waals surface area (Å²) in [6.45, 7) is 5.49. The summed E-state index contributed by atoms with van der Waals surface area (Å²) in [4.78, 5) is 25.0. The number of carbonyl (C=O) groups is 2. The van der Waals surface area contributed by atoms with Crippen LogP contribution >= 0.6 is 11.8 Å². The second-order valence-corrected chi connectivity index (χ2v) is 8.93. The average Bonchev–Trinajstić information content (AvgIpc) is 3.26. The second kappa shape index (κ2) is 9.83. The zero-order valence-electron chi connectivity index (χ0n) is 18.6. The van der Waals surface area contributed by atoms with Crippen LogP contribution in [0.25, 0.3) is 5.69 Å². The van der Waals surface area contributed by atoms with E-state index < -0.39 is 5.25 Å². The average molecular weight is 457 g/mol. The number of aromatic nitrogens is 3. The zero-order chi connectivity index (χ0) is 23.4. The highest BCUT2D eigenvalue weighted by Gasteiger charge is 2.26. The summed E-state index contributed by atoms with van der Waals surface area (Å²) in [5, 5.41) is 11.3. The van der Waals surface area contributed by atoms with Crippen molar-refractivity contribution in [1.82, 2.24) is 14.8 Å². The number of aryl methyl sites for hydroxylation is 2. The third kappa shape index (κ3) is 5.38. The molecule has 0 aliphatic carbocycles. The lowest BCUT2D eigenvalue weighted by Crippen LogP contribution is -2.11. The Morgan fingerprint density at radius 1 is 0.939 bits per heavy atom. The molecule has 0 spiro atoms. The maximum Gasteiger partial charge on any atom is 0.221 e. The lowest BCUT2D eigenvalue weighted by Gasteiger charge is -2.17. The second-order valence-electron chi connectivity index (χ2n) is 7.85. The molecule has 1 unspecified atom stereocenters. The molecule has 1 aromatic heterocycles. The predicted molar refractivity (Wildman–Crippen MR) is 131 cm³/mol. The summed E-state index contributed by atoms with van der Waals surface area (Å²) in [6, 6.07) is 23.0. The monoisotopic (exact) mass is 456 g/mol. The van der Waals surface area contributed by atoms with Crippen molar-refractivity contribution >= 4 is 29.1 Å². The minimum absolute atomic E-state index is 0.00500. The molecule has 4 aromatic rings. The van der Waals surface area contributed by atoms with Crippen LogP contribution in [0.5, 0.6) is 0 Å². The van der Waals surface area contributed by atoms with Gasteiger partial charge in [0.05, 0.1) is 5.69 Å². The fraction of sp³-hybridized carbons (Fsp3) is 0.154. The molecule has 7 heteroatoms. The molecule has 33 heavy (non-hydrogen) atoms. The normalized spacial score (nSPS) is 11.7. The summed E-state index contributed by atoms with van der Waals surface area (Å²) in [6.07, 6.45) is 1.61. The molecule has 0 saturated heterocycles. The van der Waals surface area contributed by atoms with E-state index in [9.17, 15) is 9.59 Å². The van der Waals surface area contributed by atoms with Gasteiger partial charge in [0.2, 0.25) is 5.91 Å². The number of nitrogens with zero attached hydrogens (tertiary/aromatic N) is 3. The first kappa shape index (κ1) is 22.5. The number of rotatable bonds is 7. The number of anilines is 1. The van der Waals surface area contributed by atoms with E-state index in [2.05, 4.69) is 15.5 Å². The van der Waals surface area contributed by atoms with E-state index in [1.807, 2.05) is 91.2 Å². The SMILES string of the molecule is CC(=O)Nc1cccc(-n2cnnc2SC(C(=O)c2ccc(C)cc2)c2ccc(C)cc2)c1. The summed E-state index contributed by atoms with van der Waals surface area (Å²) < 4.78 is 1.82. The maximum absolute atomic E-state index is 13.6. The first-order valence-electron chi connectivity index (χ1n) is 10.5. The van der Waals surface area contributed by atoms with E-state index in [1.54, 1.807) is 6.33 Å². The summed E-state index contributed by atoms with van der Waals surface area (Å²) in [5.41, 5.74) is 5.25. The van der Waals surface area contributed by atoms with Gasteiger partial charge in [0.1, 0.15) is 11.6 Å². The highest BCUT2D eigenvalue weighted by molar-refractivity contribution is 8.00. The molecule has 0 fully saturated rings. The van der Waals surface area contributed by atoms with Gasteiger partial charge >= 0.3 is 0 Å². The number of carbonyl (C=O) groups excluding carboxylic acids is 2. The number of hydrogen-bond acceptors (Lipinski definition) is 5. The minimum atomic E-state index is -0.491. The molecule has 166 valence electrons. The molecule has 1 amide bonds. The van der Waals surface area contributed by atoms with Crippen LogP contribution < -0.4 is 5.32 Å². The Bertz CT molecular complexity index is 1280. The number of ketones is 1. The molecule has 1 atom stereocenters. The number of amides is 1. The molecule has 1 heterocycles. The molecule has 0 aliphatic heterocycles. The van der Waals surface area contributed by atoms with Crippen LogP contribution in [0.3, 0.4) is 0 Å². The van der Waals surface area contributed by atoms with Gasteiger partial charge in [-0.2, -0.15) is 0 Å². The van der Waals surface area contributed by atoms with E-state index in [-0.39, 0.29) is 11.7 Å². The van der Waals surface area contributed by atoms with E-state index in [4.69, 9.17) is 0 Å². The maximum atomic E-state index is 13.6. The molecule has 4 rings (SSSR count). The quantitative estimate of drug-likeness (QED) is 0.291. The van der Waals surface area contributed by atoms with Crippen molar-refractivity contribution in [3.05, 3.63) is 101 Å². The Labute approximate surface area is 197 Å². The van der Waals surface area contributed by atoms with Gasteiger partial charge in [-0.15, -0.1) is 10.2 Å². The first-order chi connectivity index (χ1) is 15.9. The van der Waals surface area contributed by atoms with Gasteiger partial charge in [0, 0.05) is 18.2 Å². The number of hydrogen-bond donors (Lipinski definition) is 1. The Balaban J connectivity index is 1.70. The van der Waals surface area contributed by atoms with Gasteiger partial charge in [0.25, 0.3) is 0 Å². The van der Waals surface area contributed by atoms with Crippen LogP contribution in [-0.2, 0) is 4.79 Å². The molecule has 0 radical (unpaired) electrons. The van der Waals surface area contributed by atoms with Crippen molar-refractivity contribution in [1.29, 1.82) is 0 Å². The summed E-state index contributed by atoms with van der Waals surface area (Å²) >= 11 is 1.36. The van der Waals surface area contributed by atoms with Gasteiger partial charge < -0.3 is 5.32 Å². The van der Waals surface area contributed by atoms with Crippen molar-refractivity contribution < 1.29 is 9.59 Å². The van der Waals surface area contributed by atoms with Crippen molar-refractivity contribution in [2.45, 2.75) is 31.2 Å². The van der Waals surface area contributed by atoms with Crippen LogP contribution in [0.4, 0.5) is 5.69 Å². The Morgan fingerprint density at radius 3 is 2.27 bits per heavy atom.